The summed E-state index contributed by atoms with van der Waals surface area (Å²) in [6.45, 7) is 3.08. The molecule has 2 fully saturated rings. The number of carbonyl (C=O) groups excluding carboxylic acids is 1. The molecule has 5 heteroatoms. The van der Waals surface area contributed by atoms with Gasteiger partial charge < -0.3 is 20.1 Å². The molecular formula is C19H28N2O3. The van der Waals surface area contributed by atoms with Gasteiger partial charge in [0.05, 0.1) is 6.10 Å². The normalized spacial score (nSPS) is 26.8. The lowest BCUT2D eigenvalue weighted by Crippen LogP contribution is -2.39. The van der Waals surface area contributed by atoms with E-state index in [0.717, 1.165) is 56.6 Å². The van der Waals surface area contributed by atoms with E-state index in [0.29, 0.717) is 18.7 Å². The van der Waals surface area contributed by atoms with Crippen molar-refractivity contribution in [3.8, 4) is 5.75 Å². The summed E-state index contributed by atoms with van der Waals surface area (Å²) >= 11 is 0. The van der Waals surface area contributed by atoms with Crippen molar-refractivity contribution in [2.75, 3.05) is 18.5 Å². The second kappa shape index (κ2) is 8.38. The summed E-state index contributed by atoms with van der Waals surface area (Å²) in [5.41, 5.74) is 1.10. The van der Waals surface area contributed by atoms with Crippen LogP contribution < -0.4 is 15.4 Å². The van der Waals surface area contributed by atoms with Gasteiger partial charge >= 0.3 is 0 Å². The summed E-state index contributed by atoms with van der Waals surface area (Å²) in [4.78, 5) is 11.1. The highest BCUT2D eigenvalue weighted by Gasteiger charge is 2.21. The lowest BCUT2D eigenvalue weighted by atomic mass is 9.91. The fraction of sp³-hybridized carbons (Fsp3) is 0.632. The van der Waals surface area contributed by atoms with E-state index in [1.165, 1.54) is 0 Å². The standard InChI is InChI=1S/C19H28N2O3/c1-14(22)20-15-7-9-16(10-8-15)21-17-4-2-5-18(12-17)24-13-19-6-3-11-23-19/h2,4-5,12,15-16,19,21H,3,6-11,13H2,1H3,(H,20,22). The molecule has 2 aliphatic rings. The Morgan fingerprint density at radius 1 is 1.21 bits per heavy atom. The highest BCUT2D eigenvalue weighted by Crippen LogP contribution is 2.25. The highest BCUT2D eigenvalue weighted by atomic mass is 16.5. The van der Waals surface area contributed by atoms with E-state index in [1.54, 1.807) is 6.92 Å². The monoisotopic (exact) mass is 332 g/mol. The molecule has 1 saturated carbocycles. The Morgan fingerprint density at radius 3 is 2.71 bits per heavy atom. The van der Waals surface area contributed by atoms with Crippen LogP contribution in [0.2, 0.25) is 0 Å². The number of benzene rings is 1. The van der Waals surface area contributed by atoms with Crippen LogP contribution in [-0.2, 0) is 9.53 Å². The van der Waals surface area contributed by atoms with Crippen LogP contribution in [0, 0.1) is 0 Å². The zero-order chi connectivity index (χ0) is 16.8. The predicted octanol–water partition coefficient (Wildman–Crippen LogP) is 3.10. The first-order valence-corrected chi connectivity index (χ1v) is 9.07. The minimum absolute atomic E-state index is 0.0718. The minimum atomic E-state index is 0.0718. The van der Waals surface area contributed by atoms with Crippen molar-refractivity contribution < 1.29 is 14.3 Å². The third kappa shape index (κ3) is 5.13. The lowest BCUT2D eigenvalue weighted by Gasteiger charge is -2.30. The summed E-state index contributed by atoms with van der Waals surface area (Å²) in [5, 5.41) is 6.62. The zero-order valence-electron chi connectivity index (χ0n) is 14.4. The maximum absolute atomic E-state index is 11.1. The SMILES string of the molecule is CC(=O)NC1CCC(Nc2cccc(OCC3CCCO3)c2)CC1. The van der Waals surface area contributed by atoms with Crippen LogP contribution in [-0.4, -0.2) is 37.3 Å². The molecule has 0 aromatic heterocycles. The fourth-order valence-corrected chi connectivity index (χ4v) is 3.55. The third-order valence-corrected chi connectivity index (χ3v) is 4.80. The van der Waals surface area contributed by atoms with E-state index in [2.05, 4.69) is 22.8 Å². The van der Waals surface area contributed by atoms with Crippen LogP contribution in [0.4, 0.5) is 5.69 Å². The smallest absolute Gasteiger partial charge is 0.217 e. The van der Waals surface area contributed by atoms with Crippen molar-refractivity contribution in [2.24, 2.45) is 0 Å². The number of anilines is 1. The van der Waals surface area contributed by atoms with Gasteiger partial charge in [-0.05, 0) is 50.7 Å². The van der Waals surface area contributed by atoms with Gasteiger partial charge in [0.15, 0.2) is 0 Å². The van der Waals surface area contributed by atoms with Crippen molar-refractivity contribution in [1.82, 2.24) is 5.32 Å². The molecular weight excluding hydrogens is 304 g/mol. The predicted molar refractivity (Wildman–Crippen MR) is 94.4 cm³/mol. The summed E-state index contributed by atoms with van der Waals surface area (Å²) in [5.74, 6) is 0.963. The van der Waals surface area contributed by atoms with Crippen molar-refractivity contribution in [1.29, 1.82) is 0 Å². The fourth-order valence-electron chi connectivity index (χ4n) is 3.55. The largest absolute Gasteiger partial charge is 0.491 e. The molecule has 132 valence electrons. The number of amides is 1. The van der Waals surface area contributed by atoms with Gasteiger partial charge in [0.25, 0.3) is 0 Å². The molecule has 0 bridgehead atoms. The summed E-state index contributed by atoms with van der Waals surface area (Å²) in [6, 6.07) is 8.96. The number of ether oxygens (including phenoxy) is 2. The number of hydrogen-bond acceptors (Lipinski definition) is 4. The molecule has 1 atom stereocenters. The van der Waals surface area contributed by atoms with Gasteiger partial charge in [0.1, 0.15) is 12.4 Å². The maximum Gasteiger partial charge on any atom is 0.217 e. The van der Waals surface area contributed by atoms with Crippen LogP contribution in [0.15, 0.2) is 24.3 Å². The van der Waals surface area contributed by atoms with Crippen LogP contribution >= 0.6 is 0 Å². The number of hydrogen-bond donors (Lipinski definition) is 2. The molecule has 24 heavy (non-hydrogen) atoms. The van der Waals surface area contributed by atoms with Gasteiger partial charge in [0, 0.05) is 37.4 Å². The Morgan fingerprint density at radius 2 is 2.00 bits per heavy atom. The van der Waals surface area contributed by atoms with Crippen LogP contribution in [0.5, 0.6) is 5.75 Å². The van der Waals surface area contributed by atoms with Gasteiger partial charge in [-0.2, -0.15) is 0 Å². The molecule has 1 heterocycles. The van der Waals surface area contributed by atoms with Crippen molar-refractivity contribution >= 4 is 11.6 Å². The Labute approximate surface area is 144 Å². The Bertz CT molecular complexity index is 535. The number of rotatable bonds is 6. The lowest BCUT2D eigenvalue weighted by molar-refractivity contribution is -0.119. The van der Waals surface area contributed by atoms with Crippen molar-refractivity contribution in [3.05, 3.63) is 24.3 Å². The van der Waals surface area contributed by atoms with Gasteiger partial charge in [0.2, 0.25) is 5.91 Å². The number of carbonyl (C=O) groups is 1. The number of nitrogens with one attached hydrogen (secondary N) is 2. The van der Waals surface area contributed by atoms with E-state index in [1.807, 2.05) is 12.1 Å². The van der Waals surface area contributed by atoms with Crippen molar-refractivity contribution in [2.45, 2.75) is 63.6 Å². The Hall–Kier alpha value is -1.75. The quantitative estimate of drug-likeness (QED) is 0.840. The van der Waals surface area contributed by atoms with Crippen LogP contribution in [0.3, 0.4) is 0 Å². The molecule has 1 saturated heterocycles. The van der Waals surface area contributed by atoms with E-state index in [4.69, 9.17) is 9.47 Å². The average Bonchev–Trinajstić information content (AvgIpc) is 3.08. The molecule has 3 rings (SSSR count). The van der Waals surface area contributed by atoms with E-state index >= 15 is 0 Å². The minimum Gasteiger partial charge on any atom is -0.491 e. The van der Waals surface area contributed by atoms with E-state index in [-0.39, 0.29) is 12.0 Å². The molecule has 1 aliphatic heterocycles. The molecule has 1 aromatic carbocycles. The van der Waals surface area contributed by atoms with E-state index in [9.17, 15) is 4.79 Å². The molecule has 1 amide bonds. The molecule has 1 aromatic rings. The third-order valence-electron chi connectivity index (χ3n) is 4.80. The molecule has 1 aliphatic carbocycles. The summed E-state index contributed by atoms with van der Waals surface area (Å²) < 4.78 is 11.5. The first-order chi connectivity index (χ1) is 11.7. The van der Waals surface area contributed by atoms with Crippen LogP contribution in [0.1, 0.15) is 45.4 Å². The van der Waals surface area contributed by atoms with Gasteiger partial charge in [-0.1, -0.05) is 6.07 Å². The second-order valence-corrected chi connectivity index (χ2v) is 6.87. The first-order valence-electron chi connectivity index (χ1n) is 9.07. The molecule has 1 unspecified atom stereocenters. The summed E-state index contributed by atoms with van der Waals surface area (Å²) in [7, 11) is 0. The molecule has 0 spiro atoms. The molecule has 0 radical (unpaired) electrons. The Balaban J connectivity index is 1.45. The topological polar surface area (TPSA) is 59.6 Å². The molecule has 2 N–H and O–H groups in total. The van der Waals surface area contributed by atoms with Crippen molar-refractivity contribution in [3.63, 3.8) is 0 Å². The van der Waals surface area contributed by atoms with Crippen LogP contribution in [0.25, 0.3) is 0 Å². The van der Waals surface area contributed by atoms with E-state index < -0.39 is 0 Å². The highest BCUT2D eigenvalue weighted by molar-refractivity contribution is 5.73. The second-order valence-electron chi connectivity index (χ2n) is 6.87. The van der Waals surface area contributed by atoms with Gasteiger partial charge in [-0.25, -0.2) is 0 Å². The Kier molecular flexibility index (Phi) is 5.96. The average molecular weight is 332 g/mol. The van der Waals surface area contributed by atoms with Gasteiger partial charge in [-0.3, -0.25) is 4.79 Å². The van der Waals surface area contributed by atoms with Gasteiger partial charge in [-0.15, -0.1) is 0 Å². The zero-order valence-corrected chi connectivity index (χ0v) is 14.4. The molecule has 5 nitrogen and oxygen atoms in total. The first kappa shape index (κ1) is 17.1. The maximum atomic E-state index is 11.1. The summed E-state index contributed by atoms with van der Waals surface area (Å²) in [6.07, 6.45) is 6.69.